The predicted molar refractivity (Wildman–Crippen MR) is 83.7 cm³/mol. The van der Waals surface area contributed by atoms with Crippen LogP contribution in [0, 0.1) is 0 Å². The van der Waals surface area contributed by atoms with E-state index in [1.807, 2.05) is 18.5 Å². The van der Waals surface area contributed by atoms with Crippen LogP contribution in [0.1, 0.15) is 30.0 Å². The molecule has 1 aliphatic rings. The van der Waals surface area contributed by atoms with E-state index < -0.39 is 0 Å². The van der Waals surface area contributed by atoms with Crippen molar-refractivity contribution >= 4 is 10.9 Å². The van der Waals surface area contributed by atoms with E-state index in [0.717, 1.165) is 12.2 Å². The van der Waals surface area contributed by atoms with Gasteiger partial charge in [-0.15, -0.1) is 0 Å². The first-order chi connectivity index (χ1) is 10.4. The highest BCUT2D eigenvalue weighted by atomic mass is 16.5. The van der Waals surface area contributed by atoms with Gasteiger partial charge >= 0.3 is 0 Å². The van der Waals surface area contributed by atoms with Gasteiger partial charge in [0, 0.05) is 42.0 Å². The molecule has 1 N–H and O–H groups in total. The second-order valence-corrected chi connectivity index (χ2v) is 5.69. The Kier molecular flexibility index (Phi) is 3.11. The average molecular weight is 278 g/mol. The van der Waals surface area contributed by atoms with Crippen molar-refractivity contribution < 1.29 is 4.74 Å². The standard InChI is InChI=1S/C18H18N2O/c1-4-17-15(5-8-19-17)11-13(1)7-10-21-16-6-9-20-18(12-16)14-2-3-14/h1,4-6,8-9,11-12,14,19H,2-3,7,10H2. The Morgan fingerprint density at radius 2 is 2.10 bits per heavy atom. The lowest BCUT2D eigenvalue weighted by Crippen LogP contribution is -2.02. The van der Waals surface area contributed by atoms with Gasteiger partial charge in [-0.2, -0.15) is 0 Å². The number of aromatic amines is 1. The molecule has 0 unspecified atom stereocenters. The molecule has 0 spiro atoms. The minimum atomic E-state index is 0.671. The quantitative estimate of drug-likeness (QED) is 0.764. The van der Waals surface area contributed by atoms with Crippen LogP contribution < -0.4 is 4.74 Å². The summed E-state index contributed by atoms with van der Waals surface area (Å²) in [5.74, 6) is 1.61. The number of benzene rings is 1. The van der Waals surface area contributed by atoms with Crippen molar-refractivity contribution in [1.82, 2.24) is 9.97 Å². The largest absolute Gasteiger partial charge is 0.493 e. The Balaban J connectivity index is 1.39. The predicted octanol–water partition coefficient (Wildman–Crippen LogP) is 4.06. The van der Waals surface area contributed by atoms with E-state index in [1.54, 1.807) is 0 Å². The van der Waals surface area contributed by atoms with Crippen molar-refractivity contribution in [2.75, 3.05) is 6.61 Å². The number of nitrogens with one attached hydrogen (secondary N) is 1. The lowest BCUT2D eigenvalue weighted by Gasteiger charge is -2.07. The molecule has 21 heavy (non-hydrogen) atoms. The Hall–Kier alpha value is -2.29. The van der Waals surface area contributed by atoms with E-state index in [-0.39, 0.29) is 0 Å². The van der Waals surface area contributed by atoms with E-state index in [0.29, 0.717) is 12.5 Å². The first-order valence-electron chi connectivity index (χ1n) is 7.53. The number of hydrogen-bond acceptors (Lipinski definition) is 2. The summed E-state index contributed by atoms with van der Waals surface area (Å²) in [5, 5.41) is 1.26. The van der Waals surface area contributed by atoms with Crippen molar-refractivity contribution in [3.05, 3.63) is 60.0 Å². The third-order valence-corrected chi connectivity index (χ3v) is 4.03. The molecule has 3 aromatic rings. The van der Waals surface area contributed by atoms with Crippen LogP contribution in [0.5, 0.6) is 5.75 Å². The van der Waals surface area contributed by atoms with Gasteiger partial charge in [-0.05, 0) is 48.1 Å². The molecule has 1 fully saturated rings. The van der Waals surface area contributed by atoms with Crippen LogP contribution in [-0.2, 0) is 6.42 Å². The number of fused-ring (bicyclic) bond motifs is 1. The number of ether oxygens (including phenoxy) is 1. The number of pyridine rings is 1. The van der Waals surface area contributed by atoms with Crippen LogP contribution in [0.4, 0.5) is 0 Å². The van der Waals surface area contributed by atoms with Crippen molar-refractivity contribution in [2.45, 2.75) is 25.2 Å². The monoisotopic (exact) mass is 278 g/mol. The van der Waals surface area contributed by atoms with Crippen LogP contribution in [0.15, 0.2) is 48.8 Å². The van der Waals surface area contributed by atoms with Gasteiger partial charge in [-0.3, -0.25) is 4.98 Å². The third-order valence-electron chi connectivity index (χ3n) is 4.03. The summed E-state index contributed by atoms with van der Waals surface area (Å²) >= 11 is 0. The number of rotatable bonds is 5. The Bertz CT molecular complexity index is 759. The topological polar surface area (TPSA) is 37.9 Å². The fourth-order valence-electron chi connectivity index (χ4n) is 2.67. The van der Waals surface area contributed by atoms with Crippen molar-refractivity contribution in [1.29, 1.82) is 0 Å². The molecule has 1 saturated carbocycles. The van der Waals surface area contributed by atoms with E-state index in [1.165, 1.54) is 35.0 Å². The lowest BCUT2D eigenvalue weighted by atomic mass is 10.1. The minimum absolute atomic E-state index is 0.671. The molecule has 0 aliphatic heterocycles. The van der Waals surface area contributed by atoms with Gasteiger partial charge in [0.05, 0.1) is 6.61 Å². The molecule has 1 aliphatic carbocycles. The maximum atomic E-state index is 5.87. The van der Waals surface area contributed by atoms with Gasteiger partial charge in [-0.25, -0.2) is 0 Å². The fourth-order valence-corrected chi connectivity index (χ4v) is 2.67. The third kappa shape index (κ3) is 2.77. The molecule has 0 bridgehead atoms. The zero-order valence-corrected chi connectivity index (χ0v) is 11.9. The van der Waals surface area contributed by atoms with Crippen LogP contribution in [0.3, 0.4) is 0 Å². The number of H-pyrrole nitrogens is 1. The zero-order chi connectivity index (χ0) is 14.1. The maximum absolute atomic E-state index is 5.87. The molecule has 106 valence electrons. The number of hydrogen-bond donors (Lipinski definition) is 1. The first kappa shape index (κ1) is 12.5. The van der Waals surface area contributed by atoms with Gasteiger partial charge in [0.1, 0.15) is 5.75 Å². The molecule has 0 radical (unpaired) electrons. The summed E-state index contributed by atoms with van der Waals surface area (Å²) in [5.41, 5.74) is 3.67. The summed E-state index contributed by atoms with van der Waals surface area (Å²) in [6.45, 7) is 0.698. The van der Waals surface area contributed by atoms with Crippen LogP contribution in [-0.4, -0.2) is 16.6 Å². The fraction of sp³-hybridized carbons (Fsp3) is 0.278. The Morgan fingerprint density at radius 1 is 1.14 bits per heavy atom. The summed E-state index contributed by atoms with van der Waals surface area (Å²) in [7, 11) is 0. The molecule has 3 nitrogen and oxygen atoms in total. The van der Waals surface area contributed by atoms with E-state index >= 15 is 0 Å². The Morgan fingerprint density at radius 3 is 3.00 bits per heavy atom. The zero-order valence-electron chi connectivity index (χ0n) is 11.9. The number of nitrogens with zero attached hydrogens (tertiary/aromatic N) is 1. The molecular weight excluding hydrogens is 260 g/mol. The summed E-state index contributed by atoms with van der Waals surface area (Å²) in [6, 6.07) is 12.6. The normalized spacial score (nSPS) is 14.5. The van der Waals surface area contributed by atoms with Gasteiger partial charge in [0.25, 0.3) is 0 Å². The van der Waals surface area contributed by atoms with Gasteiger partial charge in [0.2, 0.25) is 0 Å². The molecule has 0 amide bonds. The van der Waals surface area contributed by atoms with Crippen molar-refractivity contribution in [3.63, 3.8) is 0 Å². The summed E-state index contributed by atoms with van der Waals surface area (Å²) in [6.07, 6.45) is 7.29. The van der Waals surface area contributed by atoms with Gasteiger partial charge < -0.3 is 9.72 Å². The first-order valence-corrected chi connectivity index (χ1v) is 7.53. The summed E-state index contributed by atoms with van der Waals surface area (Å²) < 4.78 is 5.87. The second kappa shape index (κ2) is 5.24. The second-order valence-electron chi connectivity index (χ2n) is 5.69. The highest BCUT2D eigenvalue weighted by Gasteiger charge is 2.25. The molecule has 2 heterocycles. The van der Waals surface area contributed by atoms with E-state index in [2.05, 4.69) is 40.3 Å². The van der Waals surface area contributed by atoms with Gasteiger partial charge in [0.15, 0.2) is 0 Å². The Labute approximate surface area is 124 Å². The van der Waals surface area contributed by atoms with Crippen LogP contribution in [0.25, 0.3) is 10.9 Å². The SMILES string of the molecule is c1cc(OCCc2ccc3[nH]ccc3c2)cc(C2CC2)n1. The smallest absolute Gasteiger partial charge is 0.122 e. The lowest BCUT2D eigenvalue weighted by molar-refractivity contribution is 0.321. The molecule has 0 atom stereocenters. The average Bonchev–Trinajstić information content (AvgIpc) is 3.26. The minimum Gasteiger partial charge on any atom is -0.493 e. The maximum Gasteiger partial charge on any atom is 0.122 e. The van der Waals surface area contributed by atoms with Crippen LogP contribution in [0.2, 0.25) is 0 Å². The molecule has 2 aromatic heterocycles. The number of aromatic nitrogens is 2. The van der Waals surface area contributed by atoms with E-state index in [4.69, 9.17) is 4.74 Å². The van der Waals surface area contributed by atoms with Gasteiger partial charge in [-0.1, -0.05) is 6.07 Å². The molecular formula is C18H18N2O. The summed E-state index contributed by atoms with van der Waals surface area (Å²) in [4.78, 5) is 7.63. The van der Waals surface area contributed by atoms with Crippen LogP contribution >= 0.6 is 0 Å². The van der Waals surface area contributed by atoms with Crippen molar-refractivity contribution in [3.8, 4) is 5.75 Å². The molecule has 4 rings (SSSR count). The molecule has 1 aromatic carbocycles. The van der Waals surface area contributed by atoms with E-state index in [9.17, 15) is 0 Å². The molecule has 0 saturated heterocycles. The highest BCUT2D eigenvalue weighted by Crippen LogP contribution is 2.39. The van der Waals surface area contributed by atoms with Crippen molar-refractivity contribution in [2.24, 2.45) is 0 Å². The highest BCUT2D eigenvalue weighted by molar-refractivity contribution is 5.79. The molecule has 3 heteroatoms.